The highest BCUT2D eigenvalue weighted by atomic mass is 16.2. The summed E-state index contributed by atoms with van der Waals surface area (Å²) < 4.78 is 1.72. The zero-order valence-corrected chi connectivity index (χ0v) is 27.1. The third-order valence-corrected chi connectivity index (χ3v) is 8.67. The number of pyridine rings is 2. The number of rotatable bonds is 10. The third kappa shape index (κ3) is 6.59. The van der Waals surface area contributed by atoms with Crippen molar-refractivity contribution in [1.29, 1.82) is 0 Å². The molecule has 2 unspecified atom stereocenters. The summed E-state index contributed by atoms with van der Waals surface area (Å²) in [5.41, 5.74) is 4.21. The van der Waals surface area contributed by atoms with Crippen LogP contribution in [-0.4, -0.2) is 78.6 Å². The van der Waals surface area contributed by atoms with Crippen LogP contribution in [0.2, 0.25) is 0 Å². The lowest BCUT2D eigenvalue weighted by Gasteiger charge is -2.13. The van der Waals surface area contributed by atoms with Crippen molar-refractivity contribution in [3.63, 3.8) is 0 Å². The first-order valence-corrected chi connectivity index (χ1v) is 16.1. The van der Waals surface area contributed by atoms with Gasteiger partial charge in [-0.2, -0.15) is 15.1 Å². The summed E-state index contributed by atoms with van der Waals surface area (Å²) in [4.78, 5) is 68.9. The van der Waals surface area contributed by atoms with E-state index < -0.39 is 5.91 Å². The van der Waals surface area contributed by atoms with E-state index in [9.17, 15) is 19.2 Å². The standard InChI is InChI=1S/C34H29N13O4/c1-46-17-20(15-35-46)21-14-22(21)32(51)41-34-39-30(43-45-34)26-7-3-5-24(37-26)23-4-2-6-25(36-23)29-38-33(44-42-29)40-31(50)19-10-8-18(9-11-19)16-47-27(48)12-13-28(47)49/h2-11,15,17,21-22H,12-14,16H2,1H3,(H2,38,40,42,44,50)(H2,39,41,43,45,51). The van der Waals surface area contributed by atoms with Gasteiger partial charge >= 0.3 is 0 Å². The number of nitrogens with zero attached hydrogens (tertiary/aromatic N) is 9. The van der Waals surface area contributed by atoms with Crippen molar-refractivity contribution < 1.29 is 19.2 Å². The largest absolute Gasteiger partial charge is 0.293 e. The number of aromatic amines is 2. The normalized spacial score (nSPS) is 16.8. The van der Waals surface area contributed by atoms with Crippen LogP contribution in [0.25, 0.3) is 34.4 Å². The van der Waals surface area contributed by atoms with Gasteiger partial charge in [-0.25, -0.2) is 9.97 Å². The van der Waals surface area contributed by atoms with E-state index in [1.807, 2.05) is 19.3 Å². The molecule has 51 heavy (non-hydrogen) atoms. The lowest BCUT2D eigenvalue weighted by atomic mass is 10.1. The Morgan fingerprint density at radius 1 is 0.784 bits per heavy atom. The number of likely N-dealkylation sites (tertiary alicyclic amines) is 1. The van der Waals surface area contributed by atoms with Gasteiger partial charge in [-0.3, -0.25) is 49.6 Å². The van der Waals surface area contributed by atoms with E-state index in [1.54, 1.807) is 65.5 Å². The number of carbonyl (C=O) groups is 4. The van der Waals surface area contributed by atoms with Crippen molar-refractivity contribution >= 4 is 35.5 Å². The SMILES string of the molecule is Cn1cc(C2CC2C(=O)Nc2n[nH]c(-c3cccc(-c4cccc(-c5nc(NC(=O)c6ccc(CN7C(=O)CCC7=O)cc6)n[nH]5)n4)n3)n2)cn1. The second kappa shape index (κ2) is 12.8. The van der Waals surface area contributed by atoms with E-state index >= 15 is 0 Å². The highest BCUT2D eigenvalue weighted by molar-refractivity contribution is 6.03. The van der Waals surface area contributed by atoms with Crippen LogP contribution < -0.4 is 10.6 Å². The number of hydrogen-bond acceptors (Lipinski definition) is 11. The Labute approximate surface area is 289 Å². The van der Waals surface area contributed by atoms with Crippen LogP contribution in [0.3, 0.4) is 0 Å². The van der Waals surface area contributed by atoms with Crippen LogP contribution in [0, 0.1) is 5.92 Å². The molecule has 8 rings (SSSR count). The van der Waals surface area contributed by atoms with Crippen LogP contribution in [-0.2, 0) is 28.0 Å². The Bertz CT molecular complexity index is 2290. The van der Waals surface area contributed by atoms with Crippen LogP contribution in [0.1, 0.15) is 46.7 Å². The maximum Gasteiger partial charge on any atom is 0.258 e. The van der Waals surface area contributed by atoms with Gasteiger partial charge in [0.1, 0.15) is 11.4 Å². The van der Waals surface area contributed by atoms with Crippen molar-refractivity contribution in [3.8, 4) is 34.4 Å². The Kier molecular flexibility index (Phi) is 7.90. The highest BCUT2D eigenvalue weighted by Crippen LogP contribution is 2.47. The van der Waals surface area contributed by atoms with Crippen LogP contribution >= 0.6 is 0 Å². The van der Waals surface area contributed by atoms with Crippen LogP contribution in [0.5, 0.6) is 0 Å². The maximum absolute atomic E-state index is 12.9. The minimum absolute atomic E-state index is 0.0576. The number of anilines is 2. The van der Waals surface area contributed by atoms with Crippen LogP contribution in [0.15, 0.2) is 73.1 Å². The molecule has 1 aliphatic carbocycles. The number of aromatic nitrogens is 10. The Balaban J connectivity index is 0.904. The highest BCUT2D eigenvalue weighted by Gasteiger charge is 2.45. The molecule has 6 heterocycles. The molecule has 0 bridgehead atoms. The number of aryl methyl sites for hydroxylation is 1. The molecule has 4 N–H and O–H groups in total. The first kappa shape index (κ1) is 31.4. The molecular formula is C34H29N13O4. The lowest BCUT2D eigenvalue weighted by molar-refractivity contribution is -0.139. The zero-order chi connectivity index (χ0) is 35.1. The van der Waals surface area contributed by atoms with Crippen molar-refractivity contribution in [2.45, 2.75) is 31.7 Å². The molecule has 17 heteroatoms. The summed E-state index contributed by atoms with van der Waals surface area (Å²) in [5, 5.41) is 23.6. The molecule has 1 aliphatic heterocycles. The van der Waals surface area contributed by atoms with Gasteiger partial charge in [-0.1, -0.05) is 24.3 Å². The third-order valence-electron chi connectivity index (χ3n) is 8.67. The fourth-order valence-corrected chi connectivity index (χ4v) is 5.89. The maximum atomic E-state index is 12.9. The fourth-order valence-electron chi connectivity index (χ4n) is 5.89. The van der Waals surface area contributed by atoms with Gasteiger partial charge in [-0.05, 0) is 59.9 Å². The van der Waals surface area contributed by atoms with E-state index in [4.69, 9.17) is 9.97 Å². The molecule has 2 atom stereocenters. The minimum atomic E-state index is -0.431. The molecule has 2 aliphatic rings. The Morgan fingerprint density at radius 3 is 1.96 bits per heavy atom. The van der Waals surface area contributed by atoms with Crippen molar-refractivity contribution in [2.24, 2.45) is 13.0 Å². The summed E-state index contributed by atoms with van der Waals surface area (Å²) in [6.07, 6.45) is 4.91. The molecule has 1 saturated carbocycles. The number of amides is 4. The summed E-state index contributed by atoms with van der Waals surface area (Å²) in [7, 11) is 1.85. The second-order valence-electron chi connectivity index (χ2n) is 12.2. The second-order valence-corrected chi connectivity index (χ2v) is 12.2. The quantitative estimate of drug-likeness (QED) is 0.154. The molecular weight excluding hydrogens is 654 g/mol. The average molecular weight is 684 g/mol. The van der Waals surface area contributed by atoms with E-state index in [-0.39, 0.29) is 60.8 Å². The van der Waals surface area contributed by atoms with E-state index in [2.05, 4.69) is 46.1 Å². The lowest BCUT2D eigenvalue weighted by Crippen LogP contribution is -2.28. The smallest absolute Gasteiger partial charge is 0.258 e. The predicted molar refractivity (Wildman–Crippen MR) is 180 cm³/mol. The van der Waals surface area contributed by atoms with Crippen molar-refractivity contribution in [1.82, 2.24) is 55.0 Å². The molecule has 2 fully saturated rings. The predicted octanol–water partition coefficient (Wildman–Crippen LogP) is 3.09. The number of imide groups is 1. The Hall–Kier alpha value is -6.91. The zero-order valence-electron chi connectivity index (χ0n) is 27.1. The molecule has 0 radical (unpaired) electrons. The number of H-pyrrole nitrogens is 2. The summed E-state index contributed by atoms with van der Waals surface area (Å²) >= 11 is 0. The molecule has 6 aromatic rings. The molecule has 17 nitrogen and oxygen atoms in total. The number of hydrogen-bond donors (Lipinski definition) is 4. The number of benzene rings is 1. The van der Waals surface area contributed by atoms with E-state index in [0.29, 0.717) is 40.0 Å². The summed E-state index contributed by atoms with van der Waals surface area (Å²) in [5.74, 6) is -0.0485. The van der Waals surface area contributed by atoms with Crippen LogP contribution in [0.4, 0.5) is 11.9 Å². The van der Waals surface area contributed by atoms with Crippen molar-refractivity contribution in [2.75, 3.05) is 10.6 Å². The van der Waals surface area contributed by atoms with E-state index in [1.165, 1.54) is 4.90 Å². The summed E-state index contributed by atoms with van der Waals surface area (Å²) in [6, 6.07) is 17.4. The van der Waals surface area contributed by atoms with Gasteiger partial charge in [0.05, 0.1) is 24.1 Å². The monoisotopic (exact) mass is 683 g/mol. The molecule has 4 amide bonds. The van der Waals surface area contributed by atoms with Gasteiger partial charge in [0.2, 0.25) is 29.6 Å². The van der Waals surface area contributed by atoms with Gasteiger partial charge < -0.3 is 0 Å². The molecule has 0 spiro atoms. The number of nitrogens with one attached hydrogen (secondary N) is 4. The molecule has 254 valence electrons. The van der Waals surface area contributed by atoms with Gasteiger partial charge in [0.15, 0.2) is 11.6 Å². The molecule has 1 saturated heterocycles. The van der Waals surface area contributed by atoms with Gasteiger partial charge in [0, 0.05) is 37.6 Å². The average Bonchev–Trinajstić information content (AvgIpc) is 3.49. The molecule has 1 aromatic carbocycles. The summed E-state index contributed by atoms with van der Waals surface area (Å²) in [6.45, 7) is 0.172. The van der Waals surface area contributed by atoms with Gasteiger partial charge in [-0.15, -0.1) is 10.2 Å². The first-order chi connectivity index (χ1) is 24.8. The first-order valence-electron chi connectivity index (χ1n) is 16.1. The minimum Gasteiger partial charge on any atom is -0.293 e. The number of carbonyl (C=O) groups excluding carboxylic acids is 4. The van der Waals surface area contributed by atoms with E-state index in [0.717, 1.165) is 17.5 Å². The van der Waals surface area contributed by atoms with Crippen molar-refractivity contribution in [3.05, 3.63) is 89.7 Å². The molecule has 5 aromatic heterocycles. The fraction of sp³-hybridized carbons (Fsp3) is 0.206. The topological polar surface area (TPSA) is 222 Å². The van der Waals surface area contributed by atoms with Gasteiger partial charge in [0.25, 0.3) is 5.91 Å². The Morgan fingerprint density at radius 2 is 1.37 bits per heavy atom.